The van der Waals surface area contributed by atoms with Crippen molar-refractivity contribution in [3.05, 3.63) is 29.8 Å². The Balaban J connectivity index is 1.83. The highest BCUT2D eigenvalue weighted by molar-refractivity contribution is 8.00. The number of fused-ring (bicyclic) bond motifs is 1. The second-order valence-corrected chi connectivity index (χ2v) is 7.78. The van der Waals surface area contributed by atoms with Gasteiger partial charge in [-0.25, -0.2) is 0 Å². The van der Waals surface area contributed by atoms with Crippen LogP contribution in [0, 0.1) is 0 Å². The van der Waals surface area contributed by atoms with Gasteiger partial charge < -0.3 is 4.74 Å². The molecule has 3 rings (SSSR count). The van der Waals surface area contributed by atoms with Crippen molar-refractivity contribution >= 4 is 11.8 Å². The lowest BCUT2D eigenvalue weighted by Gasteiger charge is -2.31. The maximum Gasteiger partial charge on any atom is 0.124 e. The van der Waals surface area contributed by atoms with Crippen molar-refractivity contribution in [2.75, 3.05) is 19.3 Å². The summed E-state index contributed by atoms with van der Waals surface area (Å²) in [5.41, 5.74) is 1.21. The normalized spacial score (nSPS) is 24.2. The molecule has 1 aliphatic heterocycles. The molecule has 1 saturated carbocycles. The molecule has 0 atom stereocenters. The predicted octanol–water partition coefficient (Wildman–Crippen LogP) is 3.56. The molecule has 1 aromatic rings. The van der Waals surface area contributed by atoms with E-state index in [0.717, 1.165) is 18.8 Å². The Morgan fingerprint density at radius 2 is 2.00 bits per heavy atom. The molecule has 2 nitrogen and oxygen atoms in total. The summed E-state index contributed by atoms with van der Waals surface area (Å²) in [5.74, 6) is 1.06. The Morgan fingerprint density at radius 1 is 1.26 bits per heavy atom. The Kier molecular flexibility index (Phi) is 3.30. The van der Waals surface area contributed by atoms with E-state index < -0.39 is 0 Å². The van der Waals surface area contributed by atoms with Gasteiger partial charge in [0.15, 0.2) is 0 Å². The molecular weight excluding hydrogens is 254 g/mol. The monoisotopic (exact) mass is 277 g/mol. The van der Waals surface area contributed by atoms with Crippen LogP contribution in [0.15, 0.2) is 24.3 Å². The van der Waals surface area contributed by atoms with Crippen LogP contribution in [0.1, 0.15) is 32.3 Å². The van der Waals surface area contributed by atoms with E-state index in [4.69, 9.17) is 4.74 Å². The van der Waals surface area contributed by atoms with E-state index in [9.17, 15) is 0 Å². The van der Waals surface area contributed by atoms with Crippen LogP contribution >= 0.6 is 11.8 Å². The van der Waals surface area contributed by atoms with Crippen molar-refractivity contribution in [1.82, 2.24) is 4.90 Å². The molecule has 0 saturated heterocycles. The highest BCUT2D eigenvalue weighted by Gasteiger charge is 2.44. The van der Waals surface area contributed by atoms with Gasteiger partial charge in [0.25, 0.3) is 0 Å². The molecule has 0 spiro atoms. The molecule has 1 fully saturated rings. The van der Waals surface area contributed by atoms with Gasteiger partial charge in [0.1, 0.15) is 11.4 Å². The zero-order valence-electron chi connectivity index (χ0n) is 12.1. The first-order valence-corrected chi connectivity index (χ1v) is 8.29. The third-order valence-corrected chi connectivity index (χ3v) is 5.51. The van der Waals surface area contributed by atoms with E-state index in [1.165, 1.54) is 24.9 Å². The van der Waals surface area contributed by atoms with E-state index in [1.807, 2.05) is 11.8 Å². The minimum atomic E-state index is -0.110. The Bertz CT molecular complexity index is 466. The molecule has 1 heterocycles. The second kappa shape index (κ2) is 4.71. The standard InChI is InChI=1S/C16H23NOS/c1-15(2)11-17(12-16(19-3)8-9-16)10-13-6-4-5-7-14(13)18-15/h4-7H,8-12H2,1-3H3. The molecule has 1 aromatic carbocycles. The summed E-state index contributed by atoms with van der Waals surface area (Å²) in [7, 11) is 0. The zero-order valence-corrected chi connectivity index (χ0v) is 12.9. The number of hydrogen-bond donors (Lipinski definition) is 0. The lowest BCUT2D eigenvalue weighted by atomic mass is 10.1. The minimum absolute atomic E-state index is 0.110. The summed E-state index contributed by atoms with van der Waals surface area (Å²) in [6, 6.07) is 8.47. The van der Waals surface area contributed by atoms with Gasteiger partial charge in [-0.2, -0.15) is 11.8 Å². The molecule has 1 aliphatic carbocycles. The van der Waals surface area contributed by atoms with E-state index in [0.29, 0.717) is 4.75 Å². The average molecular weight is 277 g/mol. The molecule has 0 radical (unpaired) electrons. The van der Waals surface area contributed by atoms with Crippen LogP contribution in [0.25, 0.3) is 0 Å². The Morgan fingerprint density at radius 3 is 2.68 bits per heavy atom. The van der Waals surface area contributed by atoms with Gasteiger partial charge in [-0.15, -0.1) is 0 Å². The van der Waals surface area contributed by atoms with Gasteiger partial charge >= 0.3 is 0 Å². The van der Waals surface area contributed by atoms with Crippen molar-refractivity contribution in [1.29, 1.82) is 0 Å². The molecule has 2 aliphatic rings. The number of benzene rings is 1. The van der Waals surface area contributed by atoms with Crippen LogP contribution in [-0.2, 0) is 6.54 Å². The van der Waals surface area contributed by atoms with Gasteiger partial charge in [-0.1, -0.05) is 18.2 Å². The summed E-state index contributed by atoms with van der Waals surface area (Å²) in [6.07, 6.45) is 4.99. The summed E-state index contributed by atoms with van der Waals surface area (Å²) >= 11 is 2.04. The van der Waals surface area contributed by atoms with Gasteiger partial charge in [-0.3, -0.25) is 4.90 Å². The van der Waals surface area contributed by atoms with Crippen molar-refractivity contribution in [2.24, 2.45) is 0 Å². The minimum Gasteiger partial charge on any atom is -0.486 e. The first-order chi connectivity index (χ1) is 9.02. The number of thioether (sulfide) groups is 1. The Hall–Kier alpha value is -0.670. The van der Waals surface area contributed by atoms with E-state index in [-0.39, 0.29) is 5.60 Å². The van der Waals surface area contributed by atoms with Gasteiger partial charge in [0.05, 0.1) is 0 Å². The summed E-state index contributed by atoms with van der Waals surface area (Å²) in [5, 5.41) is 0. The van der Waals surface area contributed by atoms with E-state index >= 15 is 0 Å². The number of rotatable bonds is 3. The molecule has 0 unspecified atom stereocenters. The fourth-order valence-electron chi connectivity index (χ4n) is 2.98. The number of nitrogens with zero attached hydrogens (tertiary/aromatic N) is 1. The van der Waals surface area contributed by atoms with Crippen molar-refractivity contribution in [3.63, 3.8) is 0 Å². The third-order valence-electron chi connectivity index (χ3n) is 4.11. The maximum absolute atomic E-state index is 6.19. The SMILES string of the molecule is CSC1(CN2Cc3ccccc3OC(C)(C)C2)CC1. The van der Waals surface area contributed by atoms with E-state index in [1.54, 1.807) is 0 Å². The van der Waals surface area contributed by atoms with Crippen molar-refractivity contribution in [2.45, 2.75) is 43.6 Å². The molecule has 104 valence electrons. The van der Waals surface area contributed by atoms with Gasteiger partial charge in [0, 0.05) is 29.9 Å². The van der Waals surface area contributed by atoms with Crippen molar-refractivity contribution < 1.29 is 4.74 Å². The number of para-hydroxylation sites is 1. The molecule has 0 amide bonds. The van der Waals surface area contributed by atoms with Gasteiger partial charge in [-0.05, 0) is 39.0 Å². The quantitative estimate of drug-likeness (QED) is 0.838. The van der Waals surface area contributed by atoms with Crippen LogP contribution < -0.4 is 4.74 Å². The fraction of sp³-hybridized carbons (Fsp3) is 0.625. The Labute approximate surface area is 120 Å². The van der Waals surface area contributed by atoms with Crippen LogP contribution in [-0.4, -0.2) is 34.6 Å². The van der Waals surface area contributed by atoms with Crippen LogP contribution in [0.3, 0.4) is 0 Å². The van der Waals surface area contributed by atoms with Crippen LogP contribution in [0.2, 0.25) is 0 Å². The number of hydrogen-bond acceptors (Lipinski definition) is 3. The average Bonchev–Trinajstić information content (AvgIpc) is 3.11. The van der Waals surface area contributed by atoms with Crippen LogP contribution in [0.4, 0.5) is 0 Å². The fourth-order valence-corrected chi connectivity index (χ4v) is 3.81. The molecule has 0 aromatic heterocycles. The summed E-state index contributed by atoms with van der Waals surface area (Å²) < 4.78 is 6.72. The lowest BCUT2D eigenvalue weighted by Crippen LogP contribution is -2.43. The van der Waals surface area contributed by atoms with Crippen LogP contribution in [0.5, 0.6) is 5.75 Å². The molecule has 0 bridgehead atoms. The van der Waals surface area contributed by atoms with Gasteiger partial charge in [0.2, 0.25) is 0 Å². The summed E-state index contributed by atoms with van der Waals surface area (Å²) in [6.45, 7) is 7.60. The molecular formula is C16H23NOS. The molecule has 19 heavy (non-hydrogen) atoms. The lowest BCUT2D eigenvalue weighted by molar-refractivity contribution is 0.0707. The van der Waals surface area contributed by atoms with E-state index in [2.05, 4.69) is 49.3 Å². The first kappa shape index (κ1) is 13.3. The summed E-state index contributed by atoms with van der Waals surface area (Å²) in [4.78, 5) is 2.58. The highest BCUT2D eigenvalue weighted by atomic mass is 32.2. The topological polar surface area (TPSA) is 12.5 Å². The smallest absolute Gasteiger partial charge is 0.124 e. The predicted molar refractivity (Wildman–Crippen MR) is 81.9 cm³/mol. The second-order valence-electron chi connectivity index (χ2n) is 6.50. The number of ether oxygens (including phenoxy) is 1. The molecule has 3 heteroatoms. The molecule has 0 N–H and O–H groups in total. The third kappa shape index (κ3) is 2.92. The maximum atomic E-state index is 6.19. The zero-order chi connectivity index (χ0) is 13.5. The largest absolute Gasteiger partial charge is 0.486 e. The highest BCUT2D eigenvalue weighted by Crippen LogP contribution is 2.48. The van der Waals surface area contributed by atoms with Crippen molar-refractivity contribution in [3.8, 4) is 5.75 Å². The first-order valence-electron chi connectivity index (χ1n) is 7.06.